The lowest BCUT2D eigenvalue weighted by atomic mass is 10.0. The van der Waals surface area contributed by atoms with Gasteiger partial charge >= 0.3 is 0 Å². The van der Waals surface area contributed by atoms with E-state index in [2.05, 4.69) is 26.3 Å². The van der Waals surface area contributed by atoms with Gasteiger partial charge in [-0.15, -0.1) is 0 Å². The SMILES string of the molecule is O=c1cnc2ccc(=O)n3c2n1CCC3CN1CCC(NCc2cc3c(cn2)OCCC3)CC1. The molecule has 3 aromatic heterocycles. The van der Waals surface area contributed by atoms with E-state index in [0.717, 1.165) is 76.3 Å². The van der Waals surface area contributed by atoms with E-state index in [9.17, 15) is 9.59 Å². The number of piperidine rings is 1. The van der Waals surface area contributed by atoms with E-state index in [1.54, 1.807) is 21.3 Å². The van der Waals surface area contributed by atoms with Crippen molar-refractivity contribution in [2.75, 3.05) is 26.2 Å². The molecule has 1 atom stereocenters. The van der Waals surface area contributed by atoms with E-state index >= 15 is 0 Å². The van der Waals surface area contributed by atoms with Crippen LogP contribution in [0.15, 0.2) is 40.2 Å². The van der Waals surface area contributed by atoms with E-state index in [-0.39, 0.29) is 17.2 Å². The largest absolute Gasteiger partial charge is 0.492 e. The van der Waals surface area contributed by atoms with E-state index in [0.29, 0.717) is 23.8 Å². The summed E-state index contributed by atoms with van der Waals surface area (Å²) in [6.07, 6.45) is 8.27. The first-order chi connectivity index (χ1) is 16.7. The maximum absolute atomic E-state index is 12.8. The zero-order valence-electron chi connectivity index (χ0n) is 19.3. The standard InChI is InChI=1S/C25H30N6O3/c32-23-4-3-21-25-30(24(33)15-28-21)10-7-20(31(23)25)16-29-8-5-18(6-9-29)26-13-19-12-17-2-1-11-34-22(17)14-27-19/h3-4,12,14-15,18,20,26H,1-2,5-11,13,16H2. The van der Waals surface area contributed by atoms with Crippen LogP contribution in [0.2, 0.25) is 0 Å². The van der Waals surface area contributed by atoms with Crippen LogP contribution in [0, 0.1) is 0 Å². The number of hydrogen-bond acceptors (Lipinski definition) is 7. The fraction of sp³-hybridized carbons (Fsp3) is 0.520. The smallest absolute Gasteiger partial charge is 0.270 e. The van der Waals surface area contributed by atoms with Crippen molar-refractivity contribution in [3.63, 3.8) is 0 Å². The third-order valence-corrected chi connectivity index (χ3v) is 7.45. The Labute approximate surface area is 197 Å². The average Bonchev–Trinajstić information content (AvgIpc) is 2.87. The van der Waals surface area contributed by atoms with Crippen LogP contribution in [-0.2, 0) is 19.5 Å². The number of fused-ring (bicyclic) bond motifs is 1. The molecule has 3 aliphatic heterocycles. The third kappa shape index (κ3) is 4.03. The van der Waals surface area contributed by atoms with Crippen LogP contribution in [0.4, 0.5) is 0 Å². The number of nitrogens with zero attached hydrogens (tertiary/aromatic N) is 5. The molecular formula is C25H30N6O3. The second-order valence-corrected chi connectivity index (χ2v) is 9.63. The zero-order chi connectivity index (χ0) is 23.1. The van der Waals surface area contributed by atoms with Crippen molar-refractivity contribution in [1.29, 1.82) is 0 Å². The number of aromatic nitrogens is 4. The van der Waals surface area contributed by atoms with Gasteiger partial charge in [-0.2, -0.15) is 0 Å². The van der Waals surface area contributed by atoms with Gasteiger partial charge in [0.15, 0.2) is 0 Å². The fourth-order valence-corrected chi connectivity index (χ4v) is 5.62. The molecule has 0 radical (unpaired) electrons. The van der Waals surface area contributed by atoms with Gasteiger partial charge in [0.1, 0.15) is 16.9 Å². The Hall–Kier alpha value is -3.04. The second kappa shape index (κ2) is 8.96. The van der Waals surface area contributed by atoms with E-state index in [1.807, 2.05) is 6.20 Å². The van der Waals surface area contributed by atoms with Crippen molar-refractivity contribution in [2.45, 2.75) is 57.3 Å². The van der Waals surface area contributed by atoms with E-state index in [1.165, 1.54) is 11.8 Å². The minimum atomic E-state index is -0.141. The Bertz CT molecular complexity index is 1320. The summed E-state index contributed by atoms with van der Waals surface area (Å²) in [5.41, 5.74) is 3.51. The minimum Gasteiger partial charge on any atom is -0.492 e. The molecule has 6 heterocycles. The summed E-state index contributed by atoms with van der Waals surface area (Å²) in [5.74, 6) is 0.934. The summed E-state index contributed by atoms with van der Waals surface area (Å²) in [4.78, 5) is 36.3. The predicted octanol–water partition coefficient (Wildman–Crippen LogP) is 1.48. The number of likely N-dealkylation sites (tertiary alicyclic amines) is 1. The molecular weight excluding hydrogens is 432 g/mol. The molecule has 0 aliphatic carbocycles. The van der Waals surface area contributed by atoms with Crippen LogP contribution in [0.5, 0.6) is 5.75 Å². The normalized spacial score (nSPS) is 20.8. The topological polar surface area (TPSA) is 94.3 Å². The molecule has 0 saturated carbocycles. The summed E-state index contributed by atoms with van der Waals surface area (Å²) in [5, 5.41) is 3.68. The zero-order valence-corrected chi connectivity index (χ0v) is 19.3. The van der Waals surface area contributed by atoms with E-state index < -0.39 is 0 Å². The van der Waals surface area contributed by atoms with Gasteiger partial charge in [0, 0.05) is 31.7 Å². The Morgan fingerprint density at radius 1 is 1.03 bits per heavy atom. The molecule has 178 valence electrons. The molecule has 9 nitrogen and oxygen atoms in total. The number of pyridine rings is 2. The second-order valence-electron chi connectivity index (χ2n) is 9.63. The van der Waals surface area contributed by atoms with Crippen LogP contribution in [0.25, 0.3) is 11.2 Å². The van der Waals surface area contributed by atoms with Gasteiger partial charge in [0.25, 0.3) is 11.1 Å². The van der Waals surface area contributed by atoms with Crippen molar-refractivity contribution in [3.05, 3.63) is 62.6 Å². The highest BCUT2D eigenvalue weighted by Gasteiger charge is 2.27. The minimum absolute atomic E-state index is 0.0575. The molecule has 1 fully saturated rings. The van der Waals surface area contributed by atoms with Crippen LogP contribution >= 0.6 is 0 Å². The third-order valence-electron chi connectivity index (χ3n) is 7.45. The first-order valence-electron chi connectivity index (χ1n) is 12.3. The number of ether oxygens (including phenoxy) is 1. The van der Waals surface area contributed by atoms with Crippen LogP contribution in [0.1, 0.15) is 43.0 Å². The molecule has 1 saturated heterocycles. The molecule has 1 N–H and O–H groups in total. The summed E-state index contributed by atoms with van der Waals surface area (Å²) >= 11 is 0. The molecule has 0 amide bonds. The van der Waals surface area contributed by atoms with Crippen LogP contribution in [-0.4, -0.2) is 56.3 Å². The van der Waals surface area contributed by atoms with Crippen LogP contribution in [0.3, 0.4) is 0 Å². The molecule has 0 aromatic carbocycles. The molecule has 34 heavy (non-hydrogen) atoms. The first kappa shape index (κ1) is 21.5. The highest BCUT2D eigenvalue weighted by molar-refractivity contribution is 5.70. The number of hydrogen-bond donors (Lipinski definition) is 1. The Kier molecular flexibility index (Phi) is 5.66. The molecule has 6 rings (SSSR count). The lowest BCUT2D eigenvalue weighted by Crippen LogP contribution is -2.46. The summed E-state index contributed by atoms with van der Waals surface area (Å²) in [6, 6.07) is 5.99. The van der Waals surface area contributed by atoms with E-state index in [4.69, 9.17) is 4.74 Å². The number of rotatable bonds is 5. The van der Waals surface area contributed by atoms with Gasteiger partial charge in [0.2, 0.25) is 0 Å². The fourth-order valence-electron chi connectivity index (χ4n) is 5.62. The Balaban J connectivity index is 1.08. The highest BCUT2D eigenvalue weighted by atomic mass is 16.5. The maximum atomic E-state index is 12.8. The van der Waals surface area contributed by atoms with Gasteiger partial charge in [-0.25, -0.2) is 4.98 Å². The van der Waals surface area contributed by atoms with Gasteiger partial charge in [0.05, 0.1) is 30.7 Å². The summed E-state index contributed by atoms with van der Waals surface area (Å²) in [6.45, 7) is 4.99. The molecule has 3 aliphatic rings. The number of aryl methyl sites for hydroxylation is 2. The monoisotopic (exact) mass is 462 g/mol. The van der Waals surface area contributed by atoms with Crippen molar-refractivity contribution in [3.8, 4) is 5.75 Å². The molecule has 1 unspecified atom stereocenters. The van der Waals surface area contributed by atoms with Crippen molar-refractivity contribution < 1.29 is 4.74 Å². The van der Waals surface area contributed by atoms with Crippen molar-refractivity contribution >= 4 is 11.2 Å². The Morgan fingerprint density at radius 3 is 2.79 bits per heavy atom. The van der Waals surface area contributed by atoms with Gasteiger partial charge in [-0.05, 0) is 62.9 Å². The summed E-state index contributed by atoms with van der Waals surface area (Å²) in [7, 11) is 0. The predicted molar refractivity (Wildman–Crippen MR) is 128 cm³/mol. The van der Waals surface area contributed by atoms with Crippen molar-refractivity contribution in [2.24, 2.45) is 0 Å². The van der Waals surface area contributed by atoms with Crippen molar-refractivity contribution in [1.82, 2.24) is 29.3 Å². The quantitative estimate of drug-likeness (QED) is 0.614. The van der Waals surface area contributed by atoms with Gasteiger partial charge in [-0.3, -0.25) is 23.7 Å². The average molecular weight is 463 g/mol. The molecule has 0 spiro atoms. The van der Waals surface area contributed by atoms with Gasteiger partial charge < -0.3 is 15.0 Å². The Morgan fingerprint density at radius 2 is 1.91 bits per heavy atom. The maximum Gasteiger partial charge on any atom is 0.270 e. The molecule has 0 bridgehead atoms. The molecule has 3 aromatic rings. The first-order valence-corrected chi connectivity index (χ1v) is 12.3. The number of nitrogens with one attached hydrogen (secondary N) is 1. The lowest BCUT2D eigenvalue weighted by Gasteiger charge is -2.36. The summed E-state index contributed by atoms with van der Waals surface area (Å²) < 4.78 is 9.15. The van der Waals surface area contributed by atoms with Gasteiger partial charge in [-0.1, -0.05) is 0 Å². The lowest BCUT2D eigenvalue weighted by molar-refractivity contribution is 0.163. The molecule has 9 heteroatoms. The van der Waals surface area contributed by atoms with Crippen LogP contribution < -0.4 is 21.2 Å². The highest BCUT2D eigenvalue weighted by Crippen LogP contribution is 2.26.